The molecule has 4 aliphatic rings. The van der Waals surface area contributed by atoms with Crippen molar-refractivity contribution in [2.45, 2.75) is 76.8 Å². The van der Waals surface area contributed by atoms with Crippen LogP contribution in [0.4, 0.5) is 10.1 Å². The molecule has 4 fully saturated rings. The molecule has 3 aromatic rings. The van der Waals surface area contributed by atoms with Crippen LogP contribution in [0.1, 0.15) is 69.1 Å². The fraction of sp³-hybridized carbons (Fsp3) is 0.487. The van der Waals surface area contributed by atoms with E-state index >= 15 is 4.39 Å². The maximum Gasteiger partial charge on any atom is 0.244 e. The van der Waals surface area contributed by atoms with E-state index in [0.29, 0.717) is 12.2 Å². The predicted molar refractivity (Wildman–Crippen MR) is 187 cm³/mol. The van der Waals surface area contributed by atoms with Gasteiger partial charge in [-0.1, -0.05) is 74.5 Å². The van der Waals surface area contributed by atoms with Crippen LogP contribution < -0.4 is 9.62 Å². The van der Waals surface area contributed by atoms with Gasteiger partial charge in [0, 0.05) is 25.1 Å². The number of carbonyl (C=O) groups is 2. The molecule has 0 unspecified atom stereocenters. The van der Waals surface area contributed by atoms with Crippen molar-refractivity contribution in [2.24, 2.45) is 23.7 Å². The smallest absolute Gasteiger partial charge is 0.244 e. The minimum Gasteiger partial charge on any atom is -0.354 e. The lowest BCUT2D eigenvalue weighted by Crippen LogP contribution is -2.53. The highest BCUT2D eigenvalue weighted by Gasteiger charge is 2.51. The lowest BCUT2D eigenvalue weighted by molar-refractivity contribution is -0.140. The molecule has 48 heavy (non-hydrogen) atoms. The zero-order valence-electron chi connectivity index (χ0n) is 28.3. The van der Waals surface area contributed by atoms with Crippen LogP contribution in [-0.4, -0.2) is 50.5 Å². The molecule has 4 saturated carbocycles. The number of hydrogen-bond donors (Lipinski definition) is 1. The van der Waals surface area contributed by atoms with Crippen molar-refractivity contribution in [3.05, 3.63) is 101 Å². The van der Waals surface area contributed by atoms with Gasteiger partial charge in [0.05, 0.1) is 11.9 Å². The molecule has 0 aliphatic heterocycles. The Kier molecular flexibility index (Phi) is 9.98. The number of amides is 2. The van der Waals surface area contributed by atoms with Crippen molar-refractivity contribution in [3.8, 4) is 0 Å². The summed E-state index contributed by atoms with van der Waals surface area (Å²) in [5, 5.41) is 2.96. The van der Waals surface area contributed by atoms with Crippen molar-refractivity contribution in [3.63, 3.8) is 0 Å². The number of nitrogens with one attached hydrogen (secondary N) is 1. The molecule has 4 bridgehead atoms. The second-order valence-corrected chi connectivity index (χ2v) is 16.9. The van der Waals surface area contributed by atoms with Gasteiger partial charge in [0.1, 0.15) is 18.4 Å². The Hall–Kier alpha value is -3.72. The van der Waals surface area contributed by atoms with E-state index in [2.05, 4.69) is 17.4 Å². The Morgan fingerprint density at radius 1 is 0.875 bits per heavy atom. The Balaban J connectivity index is 1.31. The first-order valence-corrected chi connectivity index (χ1v) is 19.2. The third-order valence-corrected chi connectivity index (χ3v) is 11.9. The quantitative estimate of drug-likeness (QED) is 0.225. The molecule has 4 aliphatic carbocycles. The molecule has 0 heterocycles. The van der Waals surface area contributed by atoms with Gasteiger partial charge in [-0.25, -0.2) is 12.8 Å². The van der Waals surface area contributed by atoms with Gasteiger partial charge >= 0.3 is 0 Å². The summed E-state index contributed by atoms with van der Waals surface area (Å²) < 4.78 is 42.7. The number of rotatable bonds is 13. The van der Waals surface area contributed by atoms with Crippen LogP contribution in [0.25, 0.3) is 0 Å². The summed E-state index contributed by atoms with van der Waals surface area (Å²) in [6, 6.07) is 22.2. The summed E-state index contributed by atoms with van der Waals surface area (Å²) in [5.74, 6) is 1.05. The Morgan fingerprint density at radius 3 is 2.02 bits per heavy atom. The van der Waals surface area contributed by atoms with Gasteiger partial charge in [0.15, 0.2) is 0 Å². The van der Waals surface area contributed by atoms with Crippen molar-refractivity contribution in [1.29, 1.82) is 0 Å². The van der Waals surface area contributed by atoms with Crippen LogP contribution in [0.3, 0.4) is 0 Å². The van der Waals surface area contributed by atoms with Gasteiger partial charge < -0.3 is 10.2 Å². The maximum absolute atomic E-state index is 15.0. The van der Waals surface area contributed by atoms with Crippen molar-refractivity contribution >= 4 is 27.5 Å². The molecule has 2 amide bonds. The molecule has 1 N–H and O–H groups in total. The standard InChI is InChI=1S/C39H48FN3O4S/c1-27(2)24-41-38(45)36(20-28-9-5-4-6-10-28)42(25-32-11-7-8-12-35(32)40)37(44)26-43(48(3,46)47)34-15-13-33(14-16-34)39-21-29-17-30(22-39)19-31(18-29)23-39/h4-16,27,29-31,36H,17-26H2,1-3H3,(H,41,45)/t29?,30?,31?,36-,39?/m1/s1. The van der Waals surface area contributed by atoms with Gasteiger partial charge in [-0.05, 0) is 96.9 Å². The number of benzene rings is 3. The summed E-state index contributed by atoms with van der Waals surface area (Å²) >= 11 is 0. The van der Waals surface area contributed by atoms with Crippen molar-refractivity contribution in [2.75, 3.05) is 23.7 Å². The summed E-state index contributed by atoms with van der Waals surface area (Å²) in [4.78, 5) is 29.5. The zero-order valence-corrected chi connectivity index (χ0v) is 29.1. The average molecular weight is 674 g/mol. The first-order chi connectivity index (χ1) is 22.9. The average Bonchev–Trinajstić information content (AvgIpc) is 3.04. The van der Waals surface area contributed by atoms with Crippen LogP contribution in [0.15, 0.2) is 78.9 Å². The summed E-state index contributed by atoms with van der Waals surface area (Å²) in [5.41, 5.74) is 2.88. The fourth-order valence-corrected chi connectivity index (χ4v) is 9.70. The molecule has 0 radical (unpaired) electrons. The zero-order chi connectivity index (χ0) is 34.1. The molecule has 0 aromatic heterocycles. The van der Waals surface area contributed by atoms with Crippen LogP contribution in [-0.2, 0) is 38.0 Å². The van der Waals surface area contributed by atoms with Crippen molar-refractivity contribution in [1.82, 2.24) is 10.2 Å². The molecular formula is C39H48FN3O4S. The Bertz CT molecular complexity index is 1680. The fourth-order valence-electron chi connectivity index (χ4n) is 8.85. The molecule has 9 heteroatoms. The largest absolute Gasteiger partial charge is 0.354 e. The number of carbonyl (C=O) groups excluding carboxylic acids is 2. The highest BCUT2D eigenvalue weighted by Crippen LogP contribution is 2.60. The second-order valence-electron chi connectivity index (χ2n) is 15.0. The highest BCUT2D eigenvalue weighted by atomic mass is 32.2. The van der Waals surface area contributed by atoms with Gasteiger partial charge in [0.25, 0.3) is 0 Å². The summed E-state index contributed by atoms with van der Waals surface area (Å²) in [6.45, 7) is 3.64. The minimum atomic E-state index is -3.90. The van der Waals surface area contributed by atoms with Gasteiger partial charge in [-0.2, -0.15) is 0 Å². The number of hydrogen-bond acceptors (Lipinski definition) is 4. The van der Waals surface area contributed by atoms with Crippen LogP contribution in [0.5, 0.6) is 0 Å². The number of nitrogens with zero attached hydrogens (tertiary/aromatic N) is 2. The van der Waals surface area contributed by atoms with E-state index in [0.717, 1.165) is 33.9 Å². The van der Waals surface area contributed by atoms with E-state index in [1.54, 1.807) is 18.2 Å². The van der Waals surface area contributed by atoms with E-state index in [1.807, 2.05) is 56.3 Å². The molecule has 7 nitrogen and oxygen atoms in total. The highest BCUT2D eigenvalue weighted by molar-refractivity contribution is 7.92. The van der Waals surface area contributed by atoms with Crippen LogP contribution in [0.2, 0.25) is 0 Å². The lowest BCUT2D eigenvalue weighted by atomic mass is 9.48. The van der Waals surface area contributed by atoms with E-state index in [4.69, 9.17) is 0 Å². The molecule has 0 spiro atoms. The Labute approximate surface area is 285 Å². The van der Waals surface area contributed by atoms with E-state index in [9.17, 15) is 18.0 Å². The van der Waals surface area contributed by atoms with Gasteiger partial charge in [0.2, 0.25) is 21.8 Å². The van der Waals surface area contributed by atoms with E-state index < -0.39 is 34.3 Å². The lowest BCUT2D eigenvalue weighted by Gasteiger charge is -2.57. The topological polar surface area (TPSA) is 86.8 Å². The first-order valence-electron chi connectivity index (χ1n) is 17.3. The van der Waals surface area contributed by atoms with Crippen molar-refractivity contribution < 1.29 is 22.4 Å². The Morgan fingerprint density at radius 2 is 1.46 bits per heavy atom. The molecular weight excluding hydrogens is 626 g/mol. The predicted octanol–water partition coefficient (Wildman–Crippen LogP) is 6.47. The number of anilines is 1. The normalized spacial score (nSPS) is 23.6. The van der Waals surface area contributed by atoms with E-state index in [1.165, 1.54) is 55.1 Å². The SMILES string of the molecule is CC(C)CNC(=O)[C@@H](Cc1ccccc1)N(Cc1ccccc1F)C(=O)CN(c1ccc(C23CC4CC(CC(C4)C2)C3)cc1)S(C)(=O)=O. The van der Waals surface area contributed by atoms with Crippen LogP contribution in [0, 0.1) is 29.5 Å². The summed E-state index contributed by atoms with van der Waals surface area (Å²) in [6.07, 6.45) is 8.87. The molecule has 0 saturated heterocycles. The molecule has 7 rings (SSSR count). The first kappa shape index (κ1) is 34.2. The summed E-state index contributed by atoms with van der Waals surface area (Å²) in [7, 11) is -3.90. The second kappa shape index (κ2) is 14.0. The maximum atomic E-state index is 15.0. The number of halogens is 1. The number of sulfonamides is 1. The van der Waals surface area contributed by atoms with Crippen LogP contribution >= 0.6 is 0 Å². The molecule has 256 valence electrons. The van der Waals surface area contributed by atoms with E-state index in [-0.39, 0.29) is 35.8 Å². The monoisotopic (exact) mass is 673 g/mol. The van der Waals surface area contributed by atoms with Gasteiger partial charge in [-0.3, -0.25) is 13.9 Å². The molecule has 3 aromatic carbocycles. The minimum absolute atomic E-state index is 0.156. The molecule has 1 atom stereocenters. The van der Waals surface area contributed by atoms with Gasteiger partial charge in [-0.15, -0.1) is 0 Å². The third kappa shape index (κ3) is 7.61. The third-order valence-electron chi connectivity index (χ3n) is 10.7.